The molecule has 1 aromatic heterocycles. The van der Waals surface area contributed by atoms with Crippen LogP contribution in [0.2, 0.25) is 0 Å². The summed E-state index contributed by atoms with van der Waals surface area (Å²) in [6, 6.07) is 12.1. The summed E-state index contributed by atoms with van der Waals surface area (Å²) in [5.74, 6) is 2.75. The fraction of sp³-hybridized carbons (Fsp3) is 0.429. The Morgan fingerprint density at radius 3 is 2.44 bits per heavy atom. The van der Waals surface area contributed by atoms with Crippen LogP contribution < -0.4 is 10.4 Å². The molecule has 1 aromatic carbocycles. The molecule has 2 aromatic rings. The molecule has 0 aliphatic carbocycles. The van der Waals surface area contributed by atoms with Crippen LogP contribution in [-0.2, 0) is 14.7 Å². The summed E-state index contributed by atoms with van der Waals surface area (Å²) in [7, 11) is -0.986. The number of fused-ring (bicyclic) bond motifs is 1. The van der Waals surface area contributed by atoms with Crippen LogP contribution in [0.5, 0.6) is 0 Å². The van der Waals surface area contributed by atoms with Gasteiger partial charge in [0.25, 0.3) is 0 Å². The lowest BCUT2D eigenvalue weighted by atomic mass is 9.84. The average Bonchev–Trinajstić information content (AvgIpc) is 3.19. The van der Waals surface area contributed by atoms with Gasteiger partial charge in [-0.05, 0) is 30.7 Å². The third kappa shape index (κ3) is 2.98. The van der Waals surface area contributed by atoms with Crippen LogP contribution in [0.25, 0.3) is 0 Å². The van der Waals surface area contributed by atoms with Crippen molar-refractivity contribution in [2.24, 2.45) is 0 Å². The van der Waals surface area contributed by atoms with Gasteiger partial charge in [-0.2, -0.15) is 0 Å². The van der Waals surface area contributed by atoms with Gasteiger partial charge in [-0.1, -0.05) is 32.0 Å². The van der Waals surface area contributed by atoms with Gasteiger partial charge < -0.3 is 14.1 Å². The summed E-state index contributed by atoms with van der Waals surface area (Å²) in [6.45, 7) is 8.73. The number of para-hydroxylation sites is 1. The van der Waals surface area contributed by atoms with E-state index in [1.807, 2.05) is 35.6 Å². The molecule has 0 bridgehead atoms. The Morgan fingerprint density at radius 1 is 1.11 bits per heavy atom. The number of allylic oxidation sites excluding steroid dienone is 1. The maximum absolute atomic E-state index is 14.4. The molecule has 144 valence electrons. The van der Waals surface area contributed by atoms with Crippen LogP contribution in [0.1, 0.15) is 25.2 Å². The van der Waals surface area contributed by atoms with E-state index in [2.05, 4.69) is 44.0 Å². The molecule has 27 heavy (non-hydrogen) atoms. The number of nitrogens with zero attached hydrogens (tertiary/aromatic N) is 2. The van der Waals surface area contributed by atoms with E-state index in [4.69, 9.17) is 9.15 Å². The van der Waals surface area contributed by atoms with Gasteiger partial charge in [0.1, 0.15) is 5.76 Å². The summed E-state index contributed by atoms with van der Waals surface area (Å²) in [5, 5.41) is 0. The number of morpholine rings is 1. The van der Waals surface area contributed by atoms with Crippen molar-refractivity contribution < 1.29 is 13.7 Å². The third-order valence-electron chi connectivity index (χ3n) is 5.69. The van der Waals surface area contributed by atoms with E-state index < -0.39 is 7.29 Å². The molecule has 2 aliphatic heterocycles. The van der Waals surface area contributed by atoms with E-state index in [0.717, 1.165) is 17.1 Å². The molecule has 0 radical (unpaired) electrons. The zero-order valence-electron chi connectivity index (χ0n) is 16.4. The Labute approximate surface area is 161 Å². The van der Waals surface area contributed by atoms with Crippen LogP contribution in [0.3, 0.4) is 0 Å². The summed E-state index contributed by atoms with van der Waals surface area (Å²) >= 11 is 0. The van der Waals surface area contributed by atoms with Gasteiger partial charge in [0.15, 0.2) is 5.50 Å². The topological polar surface area (TPSA) is 45.9 Å². The van der Waals surface area contributed by atoms with Crippen LogP contribution in [-0.4, -0.2) is 38.0 Å². The zero-order valence-corrected chi connectivity index (χ0v) is 17.3. The standard InChI is InChI=1S/C21H27N2O3P/c1-16-9-10-20(26-16)27(24,23-11-13-25-14-12-23)15-19-21(2,3)17-7-5-6-8-18(17)22(19)4/h5-10,15H,11-14H2,1-4H3. The van der Waals surface area contributed by atoms with Gasteiger partial charge in [-0.3, -0.25) is 4.57 Å². The fourth-order valence-corrected chi connectivity index (χ4v) is 6.84. The Bertz CT molecular complexity index is 925. The van der Waals surface area contributed by atoms with Crippen molar-refractivity contribution in [3.63, 3.8) is 0 Å². The number of likely N-dealkylation sites (N-methyl/N-ethyl adjacent to an activating group) is 1. The fourth-order valence-electron chi connectivity index (χ4n) is 4.12. The minimum Gasteiger partial charge on any atom is -0.457 e. The Balaban J connectivity index is 1.86. The maximum Gasteiger partial charge on any atom is 0.236 e. The second-order valence-electron chi connectivity index (χ2n) is 7.79. The molecule has 0 amide bonds. The molecule has 5 nitrogen and oxygen atoms in total. The Hall–Kier alpha value is -1.81. The van der Waals surface area contributed by atoms with Crippen molar-refractivity contribution >= 4 is 18.5 Å². The Kier molecular flexibility index (Phi) is 4.58. The van der Waals surface area contributed by atoms with Gasteiger partial charge >= 0.3 is 0 Å². The SMILES string of the molecule is Cc1ccc(P(=O)(C=C2N(C)c3ccccc3C2(C)C)N2CCOCC2)o1. The first-order valence-electron chi connectivity index (χ1n) is 9.40. The molecule has 3 heterocycles. The molecule has 0 N–H and O–H groups in total. The predicted molar refractivity (Wildman–Crippen MR) is 109 cm³/mol. The zero-order chi connectivity index (χ0) is 19.2. The lowest BCUT2D eigenvalue weighted by molar-refractivity contribution is 0.0729. The predicted octanol–water partition coefficient (Wildman–Crippen LogP) is 4.09. The van der Waals surface area contributed by atoms with Crippen LogP contribution in [0.15, 0.2) is 52.3 Å². The first kappa shape index (κ1) is 18.5. The molecule has 1 saturated heterocycles. The number of benzene rings is 1. The highest BCUT2D eigenvalue weighted by Gasteiger charge is 2.43. The van der Waals surface area contributed by atoms with Crippen molar-refractivity contribution in [2.45, 2.75) is 26.2 Å². The highest BCUT2D eigenvalue weighted by Crippen LogP contribution is 2.56. The molecule has 1 unspecified atom stereocenters. The molecule has 0 saturated carbocycles. The highest BCUT2D eigenvalue weighted by molar-refractivity contribution is 7.72. The number of aryl methyl sites for hydroxylation is 1. The molecule has 4 rings (SSSR count). The smallest absolute Gasteiger partial charge is 0.236 e. The maximum atomic E-state index is 14.4. The van der Waals surface area contributed by atoms with Crippen LogP contribution >= 0.6 is 7.29 Å². The first-order valence-corrected chi connectivity index (χ1v) is 11.1. The third-order valence-corrected chi connectivity index (χ3v) is 8.39. The number of rotatable bonds is 3. The van der Waals surface area contributed by atoms with Gasteiger partial charge in [0.05, 0.1) is 13.2 Å². The monoisotopic (exact) mass is 386 g/mol. The van der Waals surface area contributed by atoms with Gasteiger partial charge in [-0.25, -0.2) is 4.67 Å². The molecular weight excluding hydrogens is 359 g/mol. The minimum absolute atomic E-state index is 0.227. The van der Waals surface area contributed by atoms with E-state index in [1.54, 1.807) is 0 Å². The molecule has 2 aliphatic rings. The number of ether oxygens (including phenoxy) is 1. The van der Waals surface area contributed by atoms with Crippen molar-refractivity contribution in [1.29, 1.82) is 0 Å². The van der Waals surface area contributed by atoms with Crippen molar-refractivity contribution in [3.05, 3.63) is 59.2 Å². The van der Waals surface area contributed by atoms with Crippen LogP contribution in [0.4, 0.5) is 5.69 Å². The lowest BCUT2D eigenvalue weighted by Crippen LogP contribution is -2.36. The van der Waals surface area contributed by atoms with Crippen molar-refractivity contribution in [1.82, 2.24) is 4.67 Å². The highest BCUT2D eigenvalue weighted by atomic mass is 31.2. The number of hydrogen-bond acceptors (Lipinski definition) is 4. The number of hydrogen-bond donors (Lipinski definition) is 0. The second-order valence-corrected chi connectivity index (χ2v) is 10.3. The summed E-state index contributed by atoms with van der Waals surface area (Å²) in [5.41, 5.74) is 3.79. The van der Waals surface area contributed by atoms with E-state index in [9.17, 15) is 4.57 Å². The largest absolute Gasteiger partial charge is 0.457 e. The first-order chi connectivity index (χ1) is 12.8. The van der Waals surface area contributed by atoms with E-state index >= 15 is 0 Å². The number of furan rings is 1. The van der Waals surface area contributed by atoms with Gasteiger partial charge in [-0.15, -0.1) is 0 Å². The molecule has 0 spiro atoms. The second kappa shape index (κ2) is 6.66. The summed E-state index contributed by atoms with van der Waals surface area (Å²) in [4.78, 5) is 2.16. The molecule has 1 fully saturated rings. The molecule has 1 atom stereocenters. The summed E-state index contributed by atoms with van der Waals surface area (Å²) in [6.07, 6.45) is 0. The van der Waals surface area contributed by atoms with E-state index in [1.165, 1.54) is 5.56 Å². The van der Waals surface area contributed by atoms with Crippen LogP contribution in [0, 0.1) is 6.92 Å². The van der Waals surface area contributed by atoms with E-state index in [0.29, 0.717) is 31.8 Å². The molecular formula is C21H27N2O3P. The molecule has 6 heteroatoms. The minimum atomic E-state index is -3.04. The normalized spacial score (nSPS) is 23.4. The number of anilines is 1. The van der Waals surface area contributed by atoms with Gasteiger partial charge in [0, 0.05) is 42.8 Å². The quantitative estimate of drug-likeness (QED) is 0.744. The van der Waals surface area contributed by atoms with Gasteiger partial charge in [0.2, 0.25) is 7.29 Å². The van der Waals surface area contributed by atoms with Crippen molar-refractivity contribution in [3.8, 4) is 0 Å². The Morgan fingerprint density at radius 2 is 1.81 bits per heavy atom. The summed E-state index contributed by atoms with van der Waals surface area (Å²) < 4.78 is 27.8. The average molecular weight is 386 g/mol. The van der Waals surface area contributed by atoms with Crippen molar-refractivity contribution in [2.75, 3.05) is 38.3 Å². The van der Waals surface area contributed by atoms with E-state index in [-0.39, 0.29) is 5.41 Å². The lowest BCUT2D eigenvalue weighted by Gasteiger charge is -2.33.